The lowest BCUT2D eigenvalue weighted by Crippen LogP contribution is -2.37. The number of hydrogen-bond acceptors (Lipinski definition) is 5. The molecule has 1 saturated carbocycles. The number of esters is 1. The molecule has 33 heavy (non-hydrogen) atoms. The minimum absolute atomic E-state index is 0.0389. The van der Waals surface area contributed by atoms with Crippen LogP contribution in [0.1, 0.15) is 60.7 Å². The van der Waals surface area contributed by atoms with E-state index in [2.05, 4.69) is 36.7 Å². The standard InChI is InChI=1S/C25H28BrNO5S/c1-24(2)12-20-13-25(3,15-24)16-27(20)33(30,31)21-9-5-7-18(11-21)23(29)32-14-22(28)17-6-4-8-19(26)10-17/h4-11,20H,12-16H2,1-3H3. The highest BCUT2D eigenvalue weighted by Crippen LogP contribution is 2.53. The summed E-state index contributed by atoms with van der Waals surface area (Å²) in [5.74, 6) is -1.07. The van der Waals surface area contributed by atoms with Crippen LogP contribution in [0.4, 0.5) is 0 Å². The Balaban J connectivity index is 1.49. The van der Waals surface area contributed by atoms with Gasteiger partial charge in [0.15, 0.2) is 12.4 Å². The molecule has 2 atom stereocenters. The molecule has 2 aromatic carbocycles. The zero-order valence-electron chi connectivity index (χ0n) is 19.0. The van der Waals surface area contributed by atoms with Crippen LogP contribution in [-0.4, -0.2) is 43.7 Å². The van der Waals surface area contributed by atoms with Gasteiger partial charge in [-0.05, 0) is 60.4 Å². The van der Waals surface area contributed by atoms with Crippen LogP contribution in [0, 0.1) is 10.8 Å². The van der Waals surface area contributed by atoms with Gasteiger partial charge in [0, 0.05) is 22.6 Å². The van der Waals surface area contributed by atoms with Crippen molar-refractivity contribution in [2.24, 2.45) is 10.8 Å². The van der Waals surface area contributed by atoms with Gasteiger partial charge in [-0.3, -0.25) is 4.79 Å². The lowest BCUT2D eigenvalue weighted by molar-refractivity contribution is 0.0474. The number of ketones is 1. The smallest absolute Gasteiger partial charge is 0.338 e. The second-order valence-electron chi connectivity index (χ2n) is 10.3. The van der Waals surface area contributed by atoms with Gasteiger partial charge >= 0.3 is 5.97 Å². The molecule has 1 heterocycles. The molecule has 2 bridgehead atoms. The number of benzene rings is 2. The molecule has 4 rings (SSSR count). The van der Waals surface area contributed by atoms with E-state index < -0.39 is 22.6 Å². The second kappa shape index (κ2) is 8.64. The lowest BCUT2D eigenvalue weighted by atomic mass is 9.65. The Bertz CT molecular complexity index is 1210. The van der Waals surface area contributed by atoms with Crippen molar-refractivity contribution in [3.63, 3.8) is 0 Å². The Morgan fingerprint density at radius 3 is 2.48 bits per heavy atom. The van der Waals surface area contributed by atoms with Gasteiger partial charge in [-0.15, -0.1) is 0 Å². The predicted molar refractivity (Wildman–Crippen MR) is 129 cm³/mol. The number of carbonyl (C=O) groups excluding carboxylic acids is 2. The first kappa shape index (κ1) is 24.1. The van der Waals surface area contributed by atoms with Crippen molar-refractivity contribution < 1.29 is 22.7 Å². The minimum atomic E-state index is -3.76. The predicted octanol–water partition coefficient (Wildman–Crippen LogP) is 5.08. The Morgan fingerprint density at radius 2 is 1.76 bits per heavy atom. The Kier molecular flexibility index (Phi) is 6.31. The maximum atomic E-state index is 13.5. The normalized spacial score (nSPS) is 24.4. The van der Waals surface area contributed by atoms with E-state index in [1.54, 1.807) is 28.6 Å². The van der Waals surface area contributed by atoms with Crippen LogP contribution >= 0.6 is 15.9 Å². The molecule has 6 nitrogen and oxygen atoms in total. The van der Waals surface area contributed by atoms with E-state index in [4.69, 9.17) is 4.74 Å². The first-order chi connectivity index (χ1) is 15.4. The highest BCUT2D eigenvalue weighted by Gasteiger charge is 2.53. The summed E-state index contributed by atoms with van der Waals surface area (Å²) in [5.41, 5.74) is 0.578. The summed E-state index contributed by atoms with van der Waals surface area (Å²) in [6, 6.07) is 12.7. The van der Waals surface area contributed by atoms with Crippen molar-refractivity contribution in [3.8, 4) is 0 Å². The van der Waals surface area contributed by atoms with Crippen LogP contribution in [0.3, 0.4) is 0 Å². The highest BCUT2D eigenvalue weighted by molar-refractivity contribution is 9.10. The van der Waals surface area contributed by atoms with Gasteiger partial charge in [-0.1, -0.05) is 54.9 Å². The van der Waals surface area contributed by atoms with Crippen molar-refractivity contribution in [1.29, 1.82) is 0 Å². The quantitative estimate of drug-likeness (QED) is 0.382. The van der Waals surface area contributed by atoms with Crippen LogP contribution in [0.15, 0.2) is 57.9 Å². The van der Waals surface area contributed by atoms with Gasteiger partial charge in [0.25, 0.3) is 0 Å². The molecule has 2 aromatic rings. The number of carbonyl (C=O) groups is 2. The summed E-state index contributed by atoms with van der Waals surface area (Å²) in [5, 5.41) is 0. The molecule has 2 aliphatic rings. The van der Waals surface area contributed by atoms with Crippen molar-refractivity contribution in [1.82, 2.24) is 4.31 Å². The Morgan fingerprint density at radius 1 is 1.06 bits per heavy atom. The number of sulfonamides is 1. The summed E-state index contributed by atoms with van der Waals surface area (Å²) >= 11 is 3.31. The minimum Gasteiger partial charge on any atom is -0.454 e. The van der Waals surface area contributed by atoms with Crippen LogP contribution in [0.5, 0.6) is 0 Å². The zero-order chi connectivity index (χ0) is 24.0. The molecule has 0 aromatic heterocycles. The molecule has 0 amide bonds. The maximum absolute atomic E-state index is 13.5. The highest BCUT2D eigenvalue weighted by atomic mass is 79.9. The SMILES string of the molecule is CC1(C)CC2CC(C)(CN2S(=O)(=O)c2cccc(C(=O)OCC(=O)c3cccc(Br)c3)c2)C1. The molecular weight excluding hydrogens is 506 g/mol. The fourth-order valence-electron chi connectivity index (χ4n) is 5.57. The summed E-state index contributed by atoms with van der Waals surface area (Å²) < 4.78 is 34.5. The molecule has 1 aliphatic carbocycles. The summed E-state index contributed by atoms with van der Waals surface area (Å²) in [7, 11) is -3.76. The van der Waals surface area contributed by atoms with Gasteiger partial charge in [-0.25, -0.2) is 13.2 Å². The fraction of sp³-hybridized carbons (Fsp3) is 0.440. The summed E-state index contributed by atoms with van der Waals surface area (Å²) in [6.07, 6.45) is 2.66. The molecule has 2 unspecified atom stereocenters. The van der Waals surface area contributed by atoms with Gasteiger partial charge in [0.2, 0.25) is 10.0 Å². The van der Waals surface area contributed by atoms with Crippen LogP contribution in [0.2, 0.25) is 0 Å². The largest absolute Gasteiger partial charge is 0.454 e. The number of fused-ring (bicyclic) bond motifs is 2. The Hall–Kier alpha value is -2.03. The Labute approximate surface area is 203 Å². The van der Waals surface area contributed by atoms with Gasteiger partial charge in [0.05, 0.1) is 10.5 Å². The maximum Gasteiger partial charge on any atom is 0.338 e. The van der Waals surface area contributed by atoms with Crippen molar-refractivity contribution in [3.05, 3.63) is 64.1 Å². The molecular formula is C25H28BrNO5S. The average molecular weight is 534 g/mol. The lowest BCUT2D eigenvalue weighted by Gasteiger charge is -2.39. The first-order valence-corrected chi connectivity index (χ1v) is 13.2. The van der Waals surface area contributed by atoms with E-state index in [-0.39, 0.29) is 33.1 Å². The molecule has 2 fully saturated rings. The third-order valence-electron chi connectivity index (χ3n) is 6.52. The first-order valence-electron chi connectivity index (χ1n) is 11.0. The van der Waals surface area contributed by atoms with E-state index in [1.807, 2.05) is 0 Å². The van der Waals surface area contributed by atoms with E-state index >= 15 is 0 Å². The van der Waals surface area contributed by atoms with Crippen LogP contribution in [0.25, 0.3) is 0 Å². The monoisotopic (exact) mass is 533 g/mol. The number of halogens is 1. The van der Waals surface area contributed by atoms with E-state index in [1.165, 1.54) is 24.3 Å². The van der Waals surface area contributed by atoms with Gasteiger partial charge < -0.3 is 4.74 Å². The van der Waals surface area contributed by atoms with E-state index in [9.17, 15) is 18.0 Å². The van der Waals surface area contributed by atoms with Crippen molar-refractivity contribution in [2.45, 2.75) is 51.0 Å². The number of rotatable bonds is 6. The van der Waals surface area contributed by atoms with Crippen LogP contribution < -0.4 is 0 Å². The number of nitrogens with zero attached hydrogens (tertiary/aromatic N) is 1. The van der Waals surface area contributed by atoms with Crippen LogP contribution in [-0.2, 0) is 14.8 Å². The zero-order valence-corrected chi connectivity index (χ0v) is 21.4. The molecule has 0 spiro atoms. The summed E-state index contributed by atoms with van der Waals surface area (Å²) in [4.78, 5) is 25.0. The number of ether oxygens (including phenoxy) is 1. The topological polar surface area (TPSA) is 80.8 Å². The molecule has 8 heteroatoms. The fourth-order valence-corrected chi connectivity index (χ4v) is 7.79. The molecule has 0 N–H and O–H groups in total. The second-order valence-corrected chi connectivity index (χ2v) is 13.1. The van der Waals surface area contributed by atoms with Gasteiger partial charge in [0.1, 0.15) is 0 Å². The van der Waals surface area contributed by atoms with Gasteiger partial charge in [-0.2, -0.15) is 4.31 Å². The molecule has 1 aliphatic heterocycles. The van der Waals surface area contributed by atoms with E-state index in [0.29, 0.717) is 12.1 Å². The third-order valence-corrected chi connectivity index (χ3v) is 8.91. The summed E-state index contributed by atoms with van der Waals surface area (Å²) in [6.45, 7) is 6.61. The average Bonchev–Trinajstić information content (AvgIpc) is 3.01. The molecule has 176 valence electrons. The molecule has 0 radical (unpaired) electrons. The van der Waals surface area contributed by atoms with Crippen molar-refractivity contribution >= 4 is 37.7 Å². The number of Topliss-reactive ketones (excluding diaryl/α,β-unsaturated/α-hetero) is 1. The number of hydrogen-bond donors (Lipinski definition) is 0. The van der Waals surface area contributed by atoms with E-state index in [0.717, 1.165) is 23.7 Å². The molecule has 1 saturated heterocycles. The van der Waals surface area contributed by atoms with Crippen molar-refractivity contribution in [2.75, 3.05) is 13.2 Å². The third kappa shape index (κ3) is 5.08.